The molecule has 0 aromatic heterocycles. The van der Waals surface area contributed by atoms with Gasteiger partial charge in [-0.05, 0) is 23.7 Å². The van der Waals surface area contributed by atoms with Gasteiger partial charge in [0.15, 0.2) is 0 Å². The zero-order chi connectivity index (χ0) is 10.7. The van der Waals surface area contributed by atoms with E-state index in [1.165, 1.54) is 25.3 Å². The number of hydrogen-bond acceptors (Lipinski definition) is 3. The summed E-state index contributed by atoms with van der Waals surface area (Å²) >= 11 is 11.0. The molecular formula is C9H6Cl2O3. The van der Waals surface area contributed by atoms with E-state index < -0.39 is 11.2 Å². The van der Waals surface area contributed by atoms with Gasteiger partial charge in [0.25, 0.3) is 5.24 Å². The second-order valence-corrected chi connectivity index (χ2v) is 3.18. The first-order valence-electron chi connectivity index (χ1n) is 3.64. The van der Waals surface area contributed by atoms with E-state index in [0.717, 1.165) is 0 Å². The van der Waals surface area contributed by atoms with Gasteiger partial charge >= 0.3 is 5.97 Å². The average Bonchev–Trinajstić information content (AvgIpc) is 2.15. The Balaban J connectivity index is 3.35. The molecule has 0 saturated heterocycles. The molecule has 0 aliphatic heterocycles. The highest BCUT2D eigenvalue weighted by Gasteiger charge is 2.18. The third-order valence-electron chi connectivity index (χ3n) is 1.62. The van der Waals surface area contributed by atoms with Gasteiger partial charge in [-0.25, -0.2) is 4.79 Å². The number of esters is 1. The first-order valence-corrected chi connectivity index (χ1v) is 4.40. The summed E-state index contributed by atoms with van der Waals surface area (Å²) in [6.45, 7) is 0. The lowest BCUT2D eigenvalue weighted by Gasteiger charge is -2.04. The lowest BCUT2D eigenvalue weighted by Crippen LogP contribution is -2.07. The van der Waals surface area contributed by atoms with Crippen molar-refractivity contribution in [1.29, 1.82) is 0 Å². The van der Waals surface area contributed by atoms with Crippen molar-refractivity contribution in [3.8, 4) is 0 Å². The van der Waals surface area contributed by atoms with Crippen LogP contribution in [-0.4, -0.2) is 18.3 Å². The van der Waals surface area contributed by atoms with Crippen molar-refractivity contribution in [3.63, 3.8) is 0 Å². The van der Waals surface area contributed by atoms with Gasteiger partial charge in [0.2, 0.25) is 0 Å². The average molecular weight is 233 g/mol. The summed E-state index contributed by atoms with van der Waals surface area (Å²) in [5.74, 6) is -0.642. The molecule has 14 heavy (non-hydrogen) atoms. The molecule has 5 heteroatoms. The summed E-state index contributed by atoms with van der Waals surface area (Å²) in [6, 6.07) is 4.44. The molecule has 0 atom stereocenters. The van der Waals surface area contributed by atoms with Gasteiger partial charge in [-0.15, -0.1) is 0 Å². The molecule has 0 radical (unpaired) electrons. The van der Waals surface area contributed by atoms with Gasteiger partial charge in [0.05, 0.1) is 23.3 Å². The summed E-state index contributed by atoms with van der Waals surface area (Å²) in [4.78, 5) is 22.2. The first-order chi connectivity index (χ1) is 6.57. The Labute approximate surface area is 90.6 Å². The number of carbonyl (C=O) groups is 2. The van der Waals surface area contributed by atoms with E-state index in [2.05, 4.69) is 4.74 Å². The normalized spacial score (nSPS) is 9.64. The second-order valence-electron chi connectivity index (χ2n) is 2.43. The minimum Gasteiger partial charge on any atom is -0.465 e. The minimum atomic E-state index is -0.781. The fraction of sp³-hybridized carbons (Fsp3) is 0.111. The molecule has 0 bridgehead atoms. The van der Waals surface area contributed by atoms with Crippen molar-refractivity contribution in [2.24, 2.45) is 0 Å². The van der Waals surface area contributed by atoms with Crippen molar-refractivity contribution < 1.29 is 14.3 Å². The smallest absolute Gasteiger partial charge is 0.338 e. The Hall–Kier alpha value is -1.06. The summed E-state index contributed by atoms with van der Waals surface area (Å²) in [5, 5.41) is -0.649. The van der Waals surface area contributed by atoms with Crippen LogP contribution in [0.4, 0.5) is 0 Å². The number of carbonyl (C=O) groups excluding carboxylic acids is 2. The van der Waals surface area contributed by atoms with Crippen molar-refractivity contribution >= 4 is 34.4 Å². The number of rotatable bonds is 2. The SMILES string of the molecule is COC(=O)c1cccc(Cl)c1C(=O)Cl. The number of benzene rings is 1. The Kier molecular flexibility index (Phi) is 3.49. The van der Waals surface area contributed by atoms with Gasteiger partial charge in [-0.3, -0.25) is 4.79 Å². The first kappa shape index (κ1) is 11.0. The monoisotopic (exact) mass is 232 g/mol. The maximum absolute atomic E-state index is 11.2. The Morgan fingerprint density at radius 2 is 2.00 bits per heavy atom. The summed E-state index contributed by atoms with van der Waals surface area (Å²) in [5.41, 5.74) is 0.0442. The van der Waals surface area contributed by atoms with Crippen molar-refractivity contribution in [2.75, 3.05) is 7.11 Å². The predicted octanol–water partition coefficient (Wildman–Crippen LogP) is 2.51. The maximum atomic E-state index is 11.2. The van der Waals surface area contributed by atoms with Gasteiger partial charge < -0.3 is 4.74 Å². The maximum Gasteiger partial charge on any atom is 0.338 e. The number of ether oxygens (including phenoxy) is 1. The summed E-state index contributed by atoms with van der Waals surface area (Å²) < 4.78 is 4.47. The summed E-state index contributed by atoms with van der Waals surface area (Å²) in [6.07, 6.45) is 0. The quantitative estimate of drug-likeness (QED) is 0.582. The van der Waals surface area contributed by atoms with Crippen LogP contribution in [0.2, 0.25) is 5.02 Å². The third kappa shape index (κ3) is 2.05. The number of methoxy groups -OCH3 is 1. The van der Waals surface area contributed by atoms with Gasteiger partial charge in [-0.1, -0.05) is 17.7 Å². The molecule has 0 unspecified atom stereocenters. The van der Waals surface area contributed by atoms with E-state index in [1.54, 1.807) is 0 Å². The second kappa shape index (κ2) is 4.44. The van der Waals surface area contributed by atoms with E-state index in [0.29, 0.717) is 0 Å². The molecule has 0 amide bonds. The molecule has 1 rings (SSSR count). The molecule has 1 aromatic carbocycles. The Morgan fingerprint density at radius 3 is 2.50 bits per heavy atom. The lowest BCUT2D eigenvalue weighted by molar-refractivity contribution is 0.0598. The molecule has 0 saturated carbocycles. The molecule has 0 aliphatic carbocycles. The fourth-order valence-electron chi connectivity index (χ4n) is 1.00. The zero-order valence-corrected chi connectivity index (χ0v) is 8.72. The molecule has 74 valence electrons. The molecular weight excluding hydrogens is 227 g/mol. The predicted molar refractivity (Wildman–Crippen MR) is 53.0 cm³/mol. The highest BCUT2D eigenvalue weighted by molar-refractivity contribution is 6.69. The minimum absolute atomic E-state index is 0.0253. The van der Waals surface area contributed by atoms with E-state index in [4.69, 9.17) is 23.2 Å². The van der Waals surface area contributed by atoms with Crippen LogP contribution in [-0.2, 0) is 4.74 Å². The molecule has 3 nitrogen and oxygen atoms in total. The number of halogens is 2. The molecule has 0 heterocycles. The highest BCUT2D eigenvalue weighted by Crippen LogP contribution is 2.22. The molecule has 1 aromatic rings. The highest BCUT2D eigenvalue weighted by atomic mass is 35.5. The van der Waals surface area contributed by atoms with E-state index in [1.807, 2.05) is 0 Å². The third-order valence-corrected chi connectivity index (χ3v) is 2.12. The van der Waals surface area contributed by atoms with Gasteiger partial charge in [-0.2, -0.15) is 0 Å². The van der Waals surface area contributed by atoms with Crippen molar-refractivity contribution in [3.05, 3.63) is 34.3 Å². The zero-order valence-electron chi connectivity index (χ0n) is 7.21. The Morgan fingerprint density at radius 1 is 1.36 bits per heavy atom. The largest absolute Gasteiger partial charge is 0.465 e. The van der Waals surface area contributed by atoms with E-state index >= 15 is 0 Å². The van der Waals surface area contributed by atoms with Crippen LogP contribution in [0.15, 0.2) is 18.2 Å². The van der Waals surface area contributed by atoms with E-state index in [-0.39, 0.29) is 16.1 Å². The van der Waals surface area contributed by atoms with Crippen LogP contribution in [0.1, 0.15) is 20.7 Å². The Bertz CT molecular complexity index is 388. The van der Waals surface area contributed by atoms with Crippen LogP contribution >= 0.6 is 23.2 Å². The molecule has 0 aliphatic rings. The standard InChI is InChI=1S/C9H6Cl2O3/c1-14-9(13)5-3-2-4-6(10)7(5)8(11)12/h2-4H,1H3. The van der Waals surface area contributed by atoms with Crippen molar-refractivity contribution in [2.45, 2.75) is 0 Å². The summed E-state index contributed by atoms with van der Waals surface area (Å²) in [7, 11) is 1.21. The van der Waals surface area contributed by atoms with Crippen LogP contribution in [0.3, 0.4) is 0 Å². The number of hydrogen-bond donors (Lipinski definition) is 0. The fourth-order valence-corrected chi connectivity index (χ4v) is 1.52. The topological polar surface area (TPSA) is 43.4 Å². The van der Waals surface area contributed by atoms with Gasteiger partial charge in [0.1, 0.15) is 0 Å². The van der Waals surface area contributed by atoms with Crippen molar-refractivity contribution in [1.82, 2.24) is 0 Å². The van der Waals surface area contributed by atoms with Gasteiger partial charge in [0, 0.05) is 0 Å². The van der Waals surface area contributed by atoms with Crippen LogP contribution in [0, 0.1) is 0 Å². The molecule has 0 N–H and O–H groups in total. The van der Waals surface area contributed by atoms with Crippen LogP contribution < -0.4 is 0 Å². The van der Waals surface area contributed by atoms with Crippen LogP contribution in [0.25, 0.3) is 0 Å². The molecule has 0 spiro atoms. The van der Waals surface area contributed by atoms with E-state index in [9.17, 15) is 9.59 Å². The molecule has 0 fully saturated rings. The van der Waals surface area contributed by atoms with Crippen LogP contribution in [0.5, 0.6) is 0 Å². The lowest BCUT2D eigenvalue weighted by atomic mass is 10.1.